The number of alkyl halides is 2. The van der Waals surface area contributed by atoms with Gasteiger partial charge in [0.1, 0.15) is 5.75 Å². The number of nitrogens with zero attached hydrogens (tertiary/aromatic N) is 2. The summed E-state index contributed by atoms with van der Waals surface area (Å²) in [7, 11) is 0. The summed E-state index contributed by atoms with van der Waals surface area (Å²) in [6.45, 7) is 1.22. The highest BCUT2D eigenvalue weighted by atomic mass is 19.3. The summed E-state index contributed by atoms with van der Waals surface area (Å²) in [5.74, 6) is 0.0156. The highest BCUT2D eigenvalue weighted by molar-refractivity contribution is 5.44. The zero-order valence-electron chi connectivity index (χ0n) is 13.3. The van der Waals surface area contributed by atoms with Crippen molar-refractivity contribution in [1.29, 1.82) is 0 Å². The molecule has 132 valence electrons. The van der Waals surface area contributed by atoms with Crippen LogP contribution in [0.1, 0.15) is 24.8 Å². The molecule has 24 heavy (non-hydrogen) atoms. The van der Waals surface area contributed by atoms with E-state index >= 15 is 0 Å². The molecule has 2 heterocycles. The zero-order valence-corrected chi connectivity index (χ0v) is 13.3. The summed E-state index contributed by atoms with van der Waals surface area (Å²) in [4.78, 5) is 12.6. The predicted molar refractivity (Wildman–Crippen MR) is 84.2 cm³/mol. The number of halogens is 2. The molecule has 2 saturated heterocycles. The molecule has 0 atom stereocenters. The van der Waals surface area contributed by atoms with Gasteiger partial charge in [-0.15, -0.1) is 0 Å². The largest absolute Gasteiger partial charge is 0.434 e. The summed E-state index contributed by atoms with van der Waals surface area (Å²) < 4.78 is 29.7. The van der Waals surface area contributed by atoms with Crippen molar-refractivity contribution in [3.05, 3.63) is 33.9 Å². The maximum Gasteiger partial charge on any atom is 0.387 e. The van der Waals surface area contributed by atoms with Crippen LogP contribution in [0.4, 0.5) is 14.5 Å². The fraction of sp³-hybridized carbons (Fsp3) is 0.625. The summed E-state index contributed by atoms with van der Waals surface area (Å²) in [5.41, 5.74) is 0.619. The van der Waals surface area contributed by atoms with Gasteiger partial charge in [-0.2, -0.15) is 8.78 Å². The van der Waals surface area contributed by atoms with Crippen molar-refractivity contribution in [2.75, 3.05) is 26.2 Å². The number of non-ortho nitro benzene ring substituents is 1. The summed E-state index contributed by atoms with van der Waals surface area (Å²) >= 11 is 0. The molecule has 2 fully saturated rings. The molecule has 0 aromatic heterocycles. The smallest absolute Gasteiger partial charge is 0.387 e. The van der Waals surface area contributed by atoms with Gasteiger partial charge < -0.3 is 10.1 Å². The van der Waals surface area contributed by atoms with Crippen LogP contribution in [0.3, 0.4) is 0 Å². The van der Waals surface area contributed by atoms with Gasteiger partial charge >= 0.3 is 6.61 Å². The second-order valence-corrected chi connectivity index (χ2v) is 6.64. The molecule has 1 aromatic rings. The van der Waals surface area contributed by atoms with Crippen molar-refractivity contribution < 1.29 is 18.4 Å². The number of nitro benzene ring substituents is 1. The van der Waals surface area contributed by atoms with E-state index in [4.69, 9.17) is 0 Å². The van der Waals surface area contributed by atoms with E-state index in [9.17, 15) is 18.9 Å². The maximum absolute atomic E-state index is 12.6. The third-order valence-corrected chi connectivity index (χ3v) is 5.05. The van der Waals surface area contributed by atoms with E-state index in [2.05, 4.69) is 15.0 Å². The van der Waals surface area contributed by atoms with Gasteiger partial charge in [-0.3, -0.25) is 15.0 Å². The van der Waals surface area contributed by atoms with Crippen LogP contribution in [0.2, 0.25) is 0 Å². The van der Waals surface area contributed by atoms with Crippen LogP contribution in [0.25, 0.3) is 0 Å². The first kappa shape index (κ1) is 17.0. The third-order valence-electron chi connectivity index (χ3n) is 5.05. The molecule has 0 aliphatic carbocycles. The normalized spacial score (nSPS) is 20.6. The molecule has 8 heteroatoms. The quantitative estimate of drug-likeness (QED) is 0.659. The fourth-order valence-electron chi connectivity index (χ4n) is 3.78. The average Bonchev–Trinajstić information content (AvgIpc) is 2.91. The van der Waals surface area contributed by atoms with Crippen molar-refractivity contribution in [3.63, 3.8) is 0 Å². The molecule has 3 rings (SSSR count). The maximum atomic E-state index is 12.6. The van der Waals surface area contributed by atoms with E-state index in [1.807, 2.05) is 0 Å². The minimum Gasteiger partial charge on any atom is -0.434 e. The SMILES string of the molecule is O=[N+]([O-])c1ccc(OC(F)F)c(CN2CCC3(CCNCC3)C2)c1. The van der Waals surface area contributed by atoms with E-state index in [0.29, 0.717) is 12.1 Å². The lowest BCUT2D eigenvalue weighted by Crippen LogP contribution is -2.38. The zero-order chi connectivity index (χ0) is 17.2. The van der Waals surface area contributed by atoms with E-state index < -0.39 is 11.5 Å². The summed E-state index contributed by atoms with van der Waals surface area (Å²) in [6, 6.07) is 3.79. The monoisotopic (exact) mass is 341 g/mol. The van der Waals surface area contributed by atoms with Crippen molar-refractivity contribution in [2.24, 2.45) is 5.41 Å². The Kier molecular flexibility index (Phi) is 4.96. The van der Waals surface area contributed by atoms with Gasteiger partial charge in [0.15, 0.2) is 0 Å². The van der Waals surface area contributed by atoms with Crippen LogP contribution in [0.5, 0.6) is 5.75 Å². The topological polar surface area (TPSA) is 67.6 Å². The Morgan fingerprint density at radius 3 is 2.75 bits per heavy atom. The Bertz CT molecular complexity index is 606. The molecule has 0 bridgehead atoms. The van der Waals surface area contributed by atoms with E-state index in [1.54, 1.807) is 0 Å². The number of ether oxygens (including phenoxy) is 1. The molecular weight excluding hydrogens is 320 g/mol. The number of rotatable bonds is 5. The minimum absolute atomic E-state index is 0.0156. The van der Waals surface area contributed by atoms with Gasteiger partial charge in [-0.1, -0.05) is 0 Å². The van der Waals surface area contributed by atoms with Crippen molar-refractivity contribution in [3.8, 4) is 5.75 Å². The standard InChI is InChI=1S/C16H21F2N3O3/c17-15(18)24-14-2-1-13(21(22)23)9-12(14)10-20-8-5-16(11-20)3-6-19-7-4-16/h1-2,9,15,19H,3-8,10-11H2. The lowest BCUT2D eigenvalue weighted by atomic mass is 9.78. The van der Waals surface area contributed by atoms with Crippen LogP contribution in [-0.4, -0.2) is 42.6 Å². The highest BCUT2D eigenvalue weighted by Crippen LogP contribution is 2.39. The van der Waals surface area contributed by atoms with Gasteiger partial charge in [0.25, 0.3) is 5.69 Å². The first-order valence-corrected chi connectivity index (χ1v) is 8.13. The van der Waals surface area contributed by atoms with Gasteiger partial charge in [0.2, 0.25) is 0 Å². The molecule has 2 aliphatic heterocycles. The molecule has 0 unspecified atom stereocenters. The van der Waals surface area contributed by atoms with Gasteiger partial charge in [0.05, 0.1) is 4.92 Å². The molecule has 1 spiro atoms. The summed E-state index contributed by atoms with van der Waals surface area (Å²) in [6.07, 6.45) is 3.30. The molecule has 0 radical (unpaired) electrons. The van der Waals surface area contributed by atoms with Crippen LogP contribution in [-0.2, 0) is 6.54 Å². The van der Waals surface area contributed by atoms with Crippen LogP contribution < -0.4 is 10.1 Å². The Hall–Kier alpha value is -1.80. The molecule has 0 saturated carbocycles. The van der Waals surface area contributed by atoms with Crippen molar-refractivity contribution >= 4 is 5.69 Å². The lowest BCUT2D eigenvalue weighted by molar-refractivity contribution is -0.385. The van der Waals surface area contributed by atoms with E-state index in [-0.39, 0.29) is 16.9 Å². The Labute approximate surface area is 138 Å². The molecule has 1 N–H and O–H groups in total. The molecule has 1 aromatic carbocycles. The molecule has 6 nitrogen and oxygen atoms in total. The second kappa shape index (κ2) is 6.98. The van der Waals surface area contributed by atoms with Crippen LogP contribution >= 0.6 is 0 Å². The Balaban J connectivity index is 1.75. The first-order valence-electron chi connectivity index (χ1n) is 8.13. The van der Waals surface area contributed by atoms with Crippen molar-refractivity contribution in [2.45, 2.75) is 32.4 Å². The molecule has 0 amide bonds. The number of hydrogen-bond acceptors (Lipinski definition) is 5. The fourth-order valence-corrected chi connectivity index (χ4v) is 3.78. The number of likely N-dealkylation sites (tertiary alicyclic amines) is 1. The lowest BCUT2D eigenvalue weighted by Gasteiger charge is -2.34. The molecule has 2 aliphatic rings. The number of hydrogen-bond donors (Lipinski definition) is 1. The van der Waals surface area contributed by atoms with Gasteiger partial charge in [-0.05, 0) is 50.4 Å². The first-order chi connectivity index (χ1) is 11.5. The van der Waals surface area contributed by atoms with E-state index in [1.165, 1.54) is 18.2 Å². The average molecular weight is 341 g/mol. The number of nitro groups is 1. The predicted octanol–water partition coefficient (Wildman–Crippen LogP) is 2.77. The van der Waals surface area contributed by atoms with Gasteiger partial charge in [0, 0.05) is 30.8 Å². The minimum atomic E-state index is -2.94. The van der Waals surface area contributed by atoms with E-state index in [0.717, 1.165) is 45.4 Å². The molecular formula is C16H21F2N3O3. The number of nitrogens with one attached hydrogen (secondary N) is 1. The van der Waals surface area contributed by atoms with Crippen molar-refractivity contribution in [1.82, 2.24) is 10.2 Å². The number of benzene rings is 1. The third kappa shape index (κ3) is 3.81. The van der Waals surface area contributed by atoms with Gasteiger partial charge in [-0.25, -0.2) is 0 Å². The Morgan fingerprint density at radius 2 is 2.08 bits per heavy atom. The highest BCUT2D eigenvalue weighted by Gasteiger charge is 2.38. The van der Waals surface area contributed by atoms with Crippen LogP contribution in [0.15, 0.2) is 18.2 Å². The second-order valence-electron chi connectivity index (χ2n) is 6.64. The Morgan fingerprint density at radius 1 is 1.33 bits per heavy atom. The summed E-state index contributed by atoms with van der Waals surface area (Å²) in [5, 5.41) is 14.3. The number of piperidine rings is 1. The van der Waals surface area contributed by atoms with Crippen LogP contribution in [0, 0.1) is 15.5 Å².